The average molecular weight is 810 g/mol. The Balaban J connectivity index is 1.07. The van der Waals surface area contributed by atoms with Crippen LogP contribution in [-0.2, 0) is 35.7 Å². The maximum absolute atomic E-state index is 13.4. The zero-order valence-corrected chi connectivity index (χ0v) is 34.4. The molecule has 1 aromatic heterocycles. The van der Waals surface area contributed by atoms with Gasteiger partial charge in [-0.25, -0.2) is 9.59 Å². The highest BCUT2D eigenvalue weighted by molar-refractivity contribution is 5.96. The Morgan fingerprint density at radius 1 is 0.867 bits per heavy atom. The molecule has 0 spiro atoms. The Bertz CT molecular complexity index is 2360. The smallest absolute Gasteiger partial charge is 0.410 e. The van der Waals surface area contributed by atoms with E-state index in [9.17, 15) is 14.9 Å². The second-order valence-electron chi connectivity index (χ2n) is 16.8. The first kappa shape index (κ1) is 40.2. The molecule has 0 bridgehead atoms. The maximum Gasteiger partial charge on any atom is 0.410 e. The van der Waals surface area contributed by atoms with Crippen molar-refractivity contribution in [3.8, 4) is 17.8 Å². The van der Waals surface area contributed by atoms with Crippen LogP contribution >= 0.6 is 0 Å². The van der Waals surface area contributed by atoms with E-state index >= 15 is 0 Å². The number of rotatable bonds is 12. The van der Waals surface area contributed by atoms with Crippen molar-refractivity contribution in [1.29, 1.82) is 5.26 Å². The van der Waals surface area contributed by atoms with E-state index in [0.29, 0.717) is 45.8 Å². The van der Waals surface area contributed by atoms with Gasteiger partial charge < -0.3 is 39.0 Å². The monoisotopic (exact) mass is 809 g/mol. The molecule has 3 aliphatic rings. The molecule has 0 radical (unpaired) electrons. The maximum atomic E-state index is 13.4. The third-order valence-electron chi connectivity index (χ3n) is 11.1. The van der Waals surface area contributed by atoms with Gasteiger partial charge in [-0.2, -0.15) is 15.2 Å². The quantitative estimate of drug-likeness (QED) is 0.131. The Kier molecular flexibility index (Phi) is 11.6. The van der Waals surface area contributed by atoms with Crippen LogP contribution in [0.2, 0.25) is 0 Å². The van der Waals surface area contributed by atoms with Crippen molar-refractivity contribution in [2.24, 2.45) is 0 Å². The molecule has 3 heterocycles. The molecule has 2 amide bonds. The van der Waals surface area contributed by atoms with Gasteiger partial charge in [-0.3, -0.25) is 0 Å². The number of piperazine rings is 1. The summed E-state index contributed by atoms with van der Waals surface area (Å²) >= 11 is 0. The lowest BCUT2D eigenvalue weighted by molar-refractivity contribution is 0.0474. The van der Waals surface area contributed by atoms with Crippen LogP contribution in [0.3, 0.4) is 0 Å². The highest BCUT2D eigenvalue weighted by Crippen LogP contribution is 2.39. The fourth-order valence-corrected chi connectivity index (χ4v) is 7.82. The number of anilines is 2. The Morgan fingerprint density at radius 2 is 1.58 bits per heavy atom. The van der Waals surface area contributed by atoms with Gasteiger partial charge in [0.15, 0.2) is 0 Å². The number of hydrogen-bond donors (Lipinski definition) is 1. The fourth-order valence-electron chi connectivity index (χ4n) is 7.82. The Labute approximate surface area is 350 Å². The number of nitrogens with zero attached hydrogens (tertiary/aromatic N) is 6. The van der Waals surface area contributed by atoms with Gasteiger partial charge in [-0.15, -0.1) is 0 Å². The largest absolute Gasteiger partial charge is 0.489 e. The van der Waals surface area contributed by atoms with Crippen LogP contribution in [0.25, 0.3) is 10.8 Å². The number of amides is 2. The number of aromatic nitrogens is 2. The van der Waals surface area contributed by atoms with Crippen LogP contribution in [0.4, 0.5) is 21.1 Å². The van der Waals surface area contributed by atoms with E-state index < -0.39 is 29.4 Å². The van der Waals surface area contributed by atoms with Crippen LogP contribution in [0.5, 0.6) is 11.8 Å². The lowest BCUT2D eigenvalue weighted by Crippen LogP contribution is -2.55. The summed E-state index contributed by atoms with van der Waals surface area (Å²) in [6.45, 7) is 8.68. The molecule has 2 fully saturated rings. The van der Waals surface area contributed by atoms with E-state index in [0.717, 1.165) is 63.3 Å². The molecule has 5 aromatic rings. The van der Waals surface area contributed by atoms with Crippen molar-refractivity contribution in [2.45, 2.75) is 83.4 Å². The van der Waals surface area contributed by atoms with E-state index in [2.05, 4.69) is 57.6 Å². The minimum Gasteiger partial charge on any atom is -0.489 e. The first-order valence-corrected chi connectivity index (χ1v) is 20.6. The fraction of sp³-hybridized carbons (Fsp3) is 0.383. The van der Waals surface area contributed by atoms with E-state index in [1.807, 2.05) is 81.4 Å². The lowest BCUT2D eigenvalue weighted by atomic mass is 10.0. The molecular weight excluding hydrogens is 759 g/mol. The minimum absolute atomic E-state index is 0.135. The van der Waals surface area contributed by atoms with Crippen molar-refractivity contribution in [2.75, 3.05) is 42.6 Å². The number of alkyl carbamates (subject to hydrolysis) is 1. The highest BCUT2D eigenvalue weighted by Gasteiger charge is 2.46. The lowest BCUT2D eigenvalue weighted by Gasteiger charge is -2.42. The van der Waals surface area contributed by atoms with Crippen LogP contribution < -0.4 is 24.6 Å². The first-order valence-electron chi connectivity index (χ1n) is 20.6. The average Bonchev–Trinajstić information content (AvgIpc) is 4.02. The normalized spacial score (nSPS) is 17.0. The third kappa shape index (κ3) is 9.66. The highest BCUT2D eigenvalue weighted by atomic mass is 16.6. The van der Waals surface area contributed by atoms with E-state index in [-0.39, 0.29) is 25.6 Å². The minimum atomic E-state index is -0.631. The van der Waals surface area contributed by atoms with Crippen LogP contribution in [0, 0.1) is 11.3 Å². The zero-order valence-electron chi connectivity index (χ0n) is 34.4. The molecule has 13 nitrogen and oxygen atoms in total. The van der Waals surface area contributed by atoms with Crippen molar-refractivity contribution in [3.63, 3.8) is 0 Å². The standard InChI is InChI=1S/C47H51N7O6/c1-46(2,3)60-44(55)51-47(20-21-47)32-59-43-49-40-29-52(41-27-37(26-35-16-10-11-17-38(35)41)57-30-33-12-6-4-7-13-33)23-19-39(40)42(50-43)53-24-25-54(36(28-53)18-22-48)45(56)58-31-34-14-8-5-9-15-34/h4-17,26-27,36H,18-21,23-25,28-32H2,1-3H3,(H,51,55)/t36-/m0/s1. The Hall–Kier alpha value is -6.55. The molecule has 1 saturated heterocycles. The van der Waals surface area contributed by atoms with Crippen molar-refractivity contribution < 1.29 is 28.5 Å². The molecule has 8 rings (SSSR count). The second kappa shape index (κ2) is 17.4. The van der Waals surface area contributed by atoms with E-state index in [4.69, 9.17) is 28.9 Å². The number of hydrogen-bond acceptors (Lipinski definition) is 11. The summed E-state index contributed by atoms with van der Waals surface area (Å²) in [6.07, 6.45) is 1.34. The van der Waals surface area contributed by atoms with Crippen LogP contribution in [0.15, 0.2) is 97.1 Å². The van der Waals surface area contributed by atoms with Crippen molar-refractivity contribution in [3.05, 3.63) is 119 Å². The molecule has 4 aromatic carbocycles. The molecule has 13 heteroatoms. The Morgan fingerprint density at radius 3 is 2.30 bits per heavy atom. The van der Waals surface area contributed by atoms with Gasteiger partial charge in [0, 0.05) is 48.9 Å². The molecule has 310 valence electrons. The van der Waals surface area contributed by atoms with Crippen LogP contribution in [0.1, 0.15) is 62.4 Å². The van der Waals surface area contributed by atoms with Gasteiger partial charge in [0.05, 0.1) is 36.3 Å². The van der Waals surface area contributed by atoms with Gasteiger partial charge in [0.1, 0.15) is 37.0 Å². The number of carbonyl (C=O) groups is 2. The summed E-state index contributed by atoms with van der Waals surface area (Å²) < 4.78 is 24.0. The molecule has 1 saturated carbocycles. The molecule has 60 heavy (non-hydrogen) atoms. The van der Waals surface area contributed by atoms with Gasteiger partial charge in [-0.1, -0.05) is 84.9 Å². The molecule has 0 unspecified atom stereocenters. The van der Waals surface area contributed by atoms with Gasteiger partial charge >= 0.3 is 18.2 Å². The number of nitriles is 1. The summed E-state index contributed by atoms with van der Waals surface area (Å²) in [7, 11) is 0. The predicted molar refractivity (Wildman–Crippen MR) is 228 cm³/mol. The second-order valence-corrected chi connectivity index (χ2v) is 16.8. The van der Waals surface area contributed by atoms with Gasteiger partial charge in [0.25, 0.3) is 0 Å². The first-order chi connectivity index (χ1) is 29.0. The number of benzene rings is 4. The summed E-state index contributed by atoms with van der Waals surface area (Å²) in [5, 5.41) is 15.1. The summed E-state index contributed by atoms with van der Waals surface area (Å²) in [5.41, 5.74) is 3.65. The van der Waals surface area contributed by atoms with Crippen LogP contribution in [-0.4, -0.2) is 77.0 Å². The number of nitrogens with one attached hydrogen (secondary N) is 1. The molecule has 2 aliphatic heterocycles. The van der Waals surface area contributed by atoms with E-state index in [1.54, 1.807) is 4.90 Å². The number of ether oxygens (including phenoxy) is 4. The number of carbonyl (C=O) groups excluding carboxylic acids is 2. The third-order valence-corrected chi connectivity index (χ3v) is 11.1. The summed E-state index contributed by atoms with van der Waals surface area (Å²) in [5.74, 6) is 1.51. The zero-order chi connectivity index (χ0) is 41.7. The van der Waals surface area contributed by atoms with Gasteiger partial charge in [0.2, 0.25) is 0 Å². The molecular formula is C47H51N7O6. The van der Waals surface area contributed by atoms with Crippen molar-refractivity contribution >= 4 is 34.5 Å². The van der Waals surface area contributed by atoms with Crippen molar-refractivity contribution in [1.82, 2.24) is 20.2 Å². The number of fused-ring (bicyclic) bond motifs is 2. The molecule has 1 aliphatic carbocycles. The topological polar surface area (TPSA) is 142 Å². The molecule has 1 atom stereocenters. The predicted octanol–water partition coefficient (Wildman–Crippen LogP) is 7.95. The SMILES string of the molecule is CC(C)(C)OC(=O)NC1(COc2nc3c(c(N4CCN(C(=O)OCc5ccccc5)[C@@H](CC#N)C4)n2)CCN(c2cc(OCc4ccccc4)cc4ccccc24)C3)CC1. The van der Waals surface area contributed by atoms with Gasteiger partial charge in [-0.05, 0) is 62.6 Å². The summed E-state index contributed by atoms with van der Waals surface area (Å²) in [6, 6.07) is 34.3. The van der Waals surface area contributed by atoms with E-state index in [1.165, 1.54) is 0 Å². The molecule has 1 N–H and O–H groups in total. The summed E-state index contributed by atoms with van der Waals surface area (Å²) in [4.78, 5) is 42.3.